The molecule has 0 aliphatic rings. The first-order valence-electron chi connectivity index (χ1n) is 7.19. The van der Waals surface area contributed by atoms with Crippen LogP contribution in [0.4, 0.5) is 0 Å². The third kappa shape index (κ3) is 4.48. The van der Waals surface area contributed by atoms with Crippen molar-refractivity contribution in [3.8, 4) is 11.5 Å². The number of hydrogen-bond acceptors (Lipinski definition) is 4. The Kier molecular flexibility index (Phi) is 6.72. The highest BCUT2D eigenvalue weighted by molar-refractivity contribution is 5.96. The van der Waals surface area contributed by atoms with E-state index in [1.807, 2.05) is 20.8 Å². The fourth-order valence-electron chi connectivity index (χ4n) is 1.97. The molecule has 0 aliphatic heterocycles. The lowest BCUT2D eigenvalue weighted by atomic mass is 10.1. The molecule has 0 heterocycles. The summed E-state index contributed by atoms with van der Waals surface area (Å²) in [7, 11) is 1.51. The van der Waals surface area contributed by atoms with Crippen LogP contribution >= 0.6 is 0 Å². The second kappa shape index (κ2) is 8.29. The second-order valence-corrected chi connectivity index (χ2v) is 4.50. The normalized spacial score (nSPS) is 10.1. The summed E-state index contributed by atoms with van der Waals surface area (Å²) in [6.07, 6.45) is 0.434. The van der Waals surface area contributed by atoms with Crippen molar-refractivity contribution in [1.82, 2.24) is 4.90 Å². The molecule has 0 saturated carbocycles. The maximum Gasteiger partial charge on any atom is 0.260 e. The molecule has 0 radical (unpaired) electrons. The smallest absolute Gasteiger partial charge is 0.260 e. The molecule has 1 amide bonds. The summed E-state index contributed by atoms with van der Waals surface area (Å²) in [5, 5.41) is 0. The number of carbonyl (C=O) groups excluding carboxylic acids is 2. The van der Waals surface area contributed by atoms with Crippen molar-refractivity contribution in [2.24, 2.45) is 0 Å². The molecule has 5 nitrogen and oxygen atoms in total. The number of methoxy groups -OCH3 is 1. The number of carbonyl (C=O) groups is 2. The first kappa shape index (κ1) is 17.0. The van der Waals surface area contributed by atoms with Crippen LogP contribution in [-0.2, 0) is 4.79 Å². The van der Waals surface area contributed by atoms with Gasteiger partial charge in [-0.05, 0) is 32.0 Å². The van der Waals surface area contributed by atoms with Crippen LogP contribution in [0.5, 0.6) is 11.5 Å². The fourth-order valence-corrected chi connectivity index (χ4v) is 1.97. The lowest BCUT2D eigenvalue weighted by Gasteiger charge is -2.19. The maximum atomic E-state index is 11.9. The summed E-state index contributed by atoms with van der Waals surface area (Å²) in [5.74, 6) is 0.891. The molecule has 0 spiro atoms. The van der Waals surface area contributed by atoms with Gasteiger partial charge in [-0.2, -0.15) is 0 Å². The Balaban J connectivity index is 2.80. The van der Waals surface area contributed by atoms with Gasteiger partial charge in [-0.15, -0.1) is 0 Å². The predicted octanol–water partition coefficient (Wildman–Crippen LogP) is 2.54. The van der Waals surface area contributed by atoms with Crippen LogP contribution in [0.2, 0.25) is 0 Å². The number of benzene rings is 1. The molecule has 5 heteroatoms. The fraction of sp³-hybridized carbons (Fsp3) is 0.500. The van der Waals surface area contributed by atoms with Gasteiger partial charge in [-0.3, -0.25) is 9.59 Å². The SMILES string of the molecule is CCC(=O)c1ccc(OCC(=O)N(CC)CC)c(OC)c1. The third-order valence-corrected chi connectivity index (χ3v) is 3.27. The Morgan fingerprint density at radius 3 is 2.29 bits per heavy atom. The quantitative estimate of drug-likeness (QED) is 0.691. The summed E-state index contributed by atoms with van der Waals surface area (Å²) in [4.78, 5) is 25.3. The molecule has 0 bridgehead atoms. The zero-order valence-electron chi connectivity index (χ0n) is 13.1. The largest absolute Gasteiger partial charge is 0.493 e. The van der Waals surface area contributed by atoms with E-state index in [4.69, 9.17) is 9.47 Å². The molecule has 1 rings (SSSR count). The first-order chi connectivity index (χ1) is 10.1. The molecule has 0 saturated heterocycles. The Morgan fingerprint density at radius 2 is 1.76 bits per heavy atom. The third-order valence-electron chi connectivity index (χ3n) is 3.27. The summed E-state index contributed by atoms with van der Waals surface area (Å²) < 4.78 is 10.7. The van der Waals surface area contributed by atoms with Crippen LogP contribution in [0.15, 0.2) is 18.2 Å². The van der Waals surface area contributed by atoms with E-state index in [0.29, 0.717) is 36.6 Å². The van der Waals surface area contributed by atoms with Gasteiger partial charge in [0.05, 0.1) is 7.11 Å². The number of likely N-dealkylation sites (N-methyl/N-ethyl adjacent to an activating group) is 1. The molecule has 21 heavy (non-hydrogen) atoms. The summed E-state index contributed by atoms with van der Waals surface area (Å²) in [6, 6.07) is 4.99. The summed E-state index contributed by atoms with van der Waals surface area (Å²) in [6.45, 7) is 6.92. The summed E-state index contributed by atoms with van der Waals surface area (Å²) >= 11 is 0. The molecule has 116 valence electrons. The van der Waals surface area contributed by atoms with E-state index in [2.05, 4.69) is 0 Å². The summed E-state index contributed by atoms with van der Waals surface area (Å²) in [5.41, 5.74) is 0.580. The number of nitrogens with zero attached hydrogens (tertiary/aromatic N) is 1. The number of hydrogen-bond donors (Lipinski definition) is 0. The van der Waals surface area contributed by atoms with Gasteiger partial charge < -0.3 is 14.4 Å². The van der Waals surface area contributed by atoms with Crippen molar-refractivity contribution in [2.75, 3.05) is 26.8 Å². The van der Waals surface area contributed by atoms with Crippen molar-refractivity contribution in [3.63, 3.8) is 0 Å². The zero-order chi connectivity index (χ0) is 15.8. The van der Waals surface area contributed by atoms with Crippen molar-refractivity contribution >= 4 is 11.7 Å². The highest BCUT2D eigenvalue weighted by Crippen LogP contribution is 2.28. The average molecular weight is 293 g/mol. The first-order valence-corrected chi connectivity index (χ1v) is 7.19. The van der Waals surface area contributed by atoms with E-state index in [1.165, 1.54) is 7.11 Å². The number of Topliss-reactive ketones (excluding diaryl/α,β-unsaturated/α-hetero) is 1. The maximum absolute atomic E-state index is 11.9. The van der Waals surface area contributed by atoms with Gasteiger partial charge in [0.25, 0.3) is 5.91 Å². The molecular weight excluding hydrogens is 270 g/mol. The molecular formula is C16H23NO4. The molecule has 0 fully saturated rings. The van der Waals surface area contributed by atoms with E-state index in [9.17, 15) is 9.59 Å². The van der Waals surface area contributed by atoms with Gasteiger partial charge in [0.2, 0.25) is 0 Å². The number of ether oxygens (including phenoxy) is 2. The van der Waals surface area contributed by atoms with Gasteiger partial charge in [0.1, 0.15) is 0 Å². The van der Waals surface area contributed by atoms with Crippen LogP contribution in [0.1, 0.15) is 37.6 Å². The molecule has 0 atom stereocenters. The monoisotopic (exact) mass is 293 g/mol. The Labute approximate surface area is 125 Å². The van der Waals surface area contributed by atoms with E-state index in [1.54, 1.807) is 23.1 Å². The van der Waals surface area contributed by atoms with Gasteiger partial charge in [0, 0.05) is 25.1 Å². The number of amides is 1. The average Bonchev–Trinajstić information content (AvgIpc) is 2.53. The lowest BCUT2D eigenvalue weighted by Crippen LogP contribution is -2.34. The van der Waals surface area contributed by atoms with Crippen molar-refractivity contribution < 1.29 is 19.1 Å². The Morgan fingerprint density at radius 1 is 1.10 bits per heavy atom. The molecule has 1 aromatic rings. The molecule has 0 aromatic heterocycles. The highest BCUT2D eigenvalue weighted by Gasteiger charge is 2.14. The molecule has 1 aromatic carbocycles. The standard InChI is InChI=1S/C16H23NO4/c1-5-13(18)12-8-9-14(15(10-12)20-4)21-11-16(19)17(6-2)7-3/h8-10H,5-7,11H2,1-4H3. The number of ketones is 1. The molecule has 0 aliphatic carbocycles. The second-order valence-electron chi connectivity index (χ2n) is 4.50. The zero-order valence-corrected chi connectivity index (χ0v) is 13.1. The topological polar surface area (TPSA) is 55.8 Å². The van der Waals surface area contributed by atoms with Gasteiger partial charge in [-0.1, -0.05) is 6.92 Å². The van der Waals surface area contributed by atoms with E-state index < -0.39 is 0 Å². The van der Waals surface area contributed by atoms with Crippen LogP contribution in [0.25, 0.3) is 0 Å². The van der Waals surface area contributed by atoms with Crippen LogP contribution in [0.3, 0.4) is 0 Å². The predicted molar refractivity (Wildman–Crippen MR) is 81.0 cm³/mol. The van der Waals surface area contributed by atoms with Gasteiger partial charge in [0.15, 0.2) is 23.9 Å². The Bertz CT molecular complexity index is 495. The van der Waals surface area contributed by atoms with Crippen molar-refractivity contribution in [1.29, 1.82) is 0 Å². The minimum absolute atomic E-state index is 0.0408. The van der Waals surface area contributed by atoms with Gasteiger partial charge >= 0.3 is 0 Å². The molecule has 0 N–H and O–H groups in total. The minimum Gasteiger partial charge on any atom is -0.493 e. The van der Waals surface area contributed by atoms with Crippen molar-refractivity contribution in [2.45, 2.75) is 27.2 Å². The minimum atomic E-state index is -0.0734. The number of rotatable bonds is 8. The van der Waals surface area contributed by atoms with Crippen LogP contribution < -0.4 is 9.47 Å². The Hall–Kier alpha value is -2.04. The molecule has 0 unspecified atom stereocenters. The van der Waals surface area contributed by atoms with Crippen LogP contribution in [0, 0.1) is 0 Å². The lowest BCUT2D eigenvalue weighted by molar-refractivity contribution is -0.132. The van der Waals surface area contributed by atoms with Crippen molar-refractivity contribution in [3.05, 3.63) is 23.8 Å². The van der Waals surface area contributed by atoms with E-state index in [0.717, 1.165) is 0 Å². The highest BCUT2D eigenvalue weighted by atomic mass is 16.5. The van der Waals surface area contributed by atoms with E-state index >= 15 is 0 Å². The van der Waals surface area contributed by atoms with Crippen LogP contribution in [-0.4, -0.2) is 43.4 Å². The van der Waals surface area contributed by atoms with Gasteiger partial charge in [-0.25, -0.2) is 0 Å². The van der Waals surface area contributed by atoms with E-state index in [-0.39, 0.29) is 18.3 Å².